The van der Waals surface area contributed by atoms with Crippen LogP contribution in [0.4, 0.5) is 0 Å². The van der Waals surface area contributed by atoms with Crippen LogP contribution < -0.4 is 5.32 Å². The molecular weight excluding hydrogens is 254 g/mol. The van der Waals surface area contributed by atoms with Crippen molar-refractivity contribution in [1.29, 1.82) is 0 Å². The quantitative estimate of drug-likeness (QED) is 0.905. The van der Waals surface area contributed by atoms with E-state index in [2.05, 4.69) is 48.3 Å². The molecule has 0 fully saturated rings. The fourth-order valence-corrected chi connectivity index (χ4v) is 2.08. The number of hydrogen-bond donors (Lipinski definition) is 1. The summed E-state index contributed by atoms with van der Waals surface area (Å²) in [5.74, 6) is 1.19. The van der Waals surface area contributed by atoms with E-state index in [0.717, 1.165) is 18.7 Å². The van der Waals surface area contributed by atoms with E-state index >= 15 is 0 Å². The smallest absolute Gasteiger partial charge is 0.228 e. The predicted molar refractivity (Wildman–Crippen MR) is 77.1 cm³/mol. The lowest BCUT2D eigenvalue weighted by molar-refractivity contribution is 0.247. The maximum Gasteiger partial charge on any atom is 0.228 e. The van der Waals surface area contributed by atoms with Crippen LogP contribution in [-0.4, -0.2) is 32.5 Å². The van der Waals surface area contributed by atoms with Crippen LogP contribution in [0.5, 0.6) is 0 Å². The topological polar surface area (TPSA) is 68.8 Å². The molecule has 1 atom stereocenters. The van der Waals surface area contributed by atoms with E-state index in [0.29, 0.717) is 17.8 Å². The summed E-state index contributed by atoms with van der Waals surface area (Å²) in [6.45, 7) is 9.64. The Balaban J connectivity index is 2.12. The minimum Gasteiger partial charge on any atom is -0.339 e. The molecule has 2 aromatic heterocycles. The summed E-state index contributed by atoms with van der Waals surface area (Å²) in [4.78, 5) is 4.44. The van der Waals surface area contributed by atoms with E-state index in [1.54, 1.807) is 4.68 Å². The second kappa shape index (κ2) is 5.75. The normalized spacial score (nSPS) is 13.7. The maximum atomic E-state index is 5.35. The lowest BCUT2D eigenvalue weighted by Gasteiger charge is -2.30. The summed E-state index contributed by atoms with van der Waals surface area (Å²) in [5.41, 5.74) is 0.869. The maximum absolute atomic E-state index is 5.35. The third kappa shape index (κ3) is 3.45. The summed E-state index contributed by atoms with van der Waals surface area (Å²) in [5, 5.41) is 11.8. The Bertz CT molecular complexity index is 552. The zero-order chi connectivity index (χ0) is 14.8. The fraction of sp³-hybridized carbons (Fsp3) is 0.643. The van der Waals surface area contributed by atoms with Crippen LogP contribution in [0.25, 0.3) is 11.5 Å². The van der Waals surface area contributed by atoms with Gasteiger partial charge in [-0.15, -0.1) is 0 Å². The monoisotopic (exact) mass is 277 g/mol. The molecule has 6 nitrogen and oxygen atoms in total. The number of hydrogen-bond acceptors (Lipinski definition) is 5. The van der Waals surface area contributed by atoms with Crippen LogP contribution in [0, 0.1) is 5.41 Å². The first-order chi connectivity index (χ1) is 9.40. The molecule has 0 aliphatic rings. The standard InChI is InChI=1S/C14H23N5O/c1-6-15-11(14(2,3)4)9-12-16-13(18-20-12)10-7-8-19(5)17-10/h7-8,11,15H,6,9H2,1-5H3. The van der Waals surface area contributed by atoms with E-state index in [1.807, 2.05) is 19.3 Å². The molecule has 0 aromatic carbocycles. The van der Waals surface area contributed by atoms with Gasteiger partial charge in [-0.1, -0.05) is 32.9 Å². The highest BCUT2D eigenvalue weighted by atomic mass is 16.5. The summed E-state index contributed by atoms with van der Waals surface area (Å²) in [7, 11) is 1.87. The Hall–Kier alpha value is -1.69. The average Bonchev–Trinajstić information content (AvgIpc) is 2.96. The minimum atomic E-state index is 0.135. The molecule has 2 heterocycles. The molecule has 0 aliphatic heterocycles. The Labute approximate surface area is 119 Å². The van der Waals surface area contributed by atoms with Crippen molar-refractivity contribution in [3.05, 3.63) is 18.2 Å². The second-order valence-corrected chi connectivity index (χ2v) is 6.07. The van der Waals surface area contributed by atoms with E-state index in [4.69, 9.17) is 4.52 Å². The SMILES string of the molecule is CCNC(Cc1nc(-c2ccn(C)n2)no1)C(C)(C)C. The fourth-order valence-electron chi connectivity index (χ4n) is 2.08. The Morgan fingerprint density at radius 1 is 1.40 bits per heavy atom. The number of nitrogens with one attached hydrogen (secondary N) is 1. The van der Waals surface area contributed by atoms with Gasteiger partial charge in [0.15, 0.2) is 0 Å². The lowest BCUT2D eigenvalue weighted by atomic mass is 9.84. The number of rotatable bonds is 5. The predicted octanol–water partition coefficient (Wildman–Crippen LogP) is 2.04. The second-order valence-electron chi connectivity index (χ2n) is 6.07. The van der Waals surface area contributed by atoms with Gasteiger partial charge in [0, 0.05) is 25.7 Å². The molecule has 2 rings (SSSR count). The van der Waals surface area contributed by atoms with Crippen molar-refractivity contribution in [2.75, 3.05) is 6.54 Å². The Morgan fingerprint density at radius 2 is 2.15 bits per heavy atom. The van der Waals surface area contributed by atoms with Crippen LogP contribution >= 0.6 is 0 Å². The minimum absolute atomic E-state index is 0.135. The van der Waals surface area contributed by atoms with E-state index in [-0.39, 0.29) is 5.41 Å². The molecule has 20 heavy (non-hydrogen) atoms. The number of aryl methyl sites for hydroxylation is 1. The van der Waals surface area contributed by atoms with Crippen LogP contribution in [-0.2, 0) is 13.5 Å². The van der Waals surface area contributed by atoms with Gasteiger partial charge in [0.05, 0.1) is 0 Å². The van der Waals surface area contributed by atoms with Gasteiger partial charge in [-0.2, -0.15) is 10.1 Å². The van der Waals surface area contributed by atoms with Crippen molar-refractivity contribution in [2.45, 2.75) is 40.2 Å². The van der Waals surface area contributed by atoms with Crippen LogP contribution in [0.3, 0.4) is 0 Å². The van der Waals surface area contributed by atoms with Gasteiger partial charge in [-0.3, -0.25) is 4.68 Å². The highest BCUT2D eigenvalue weighted by Crippen LogP contribution is 2.23. The Kier molecular flexibility index (Phi) is 4.23. The highest BCUT2D eigenvalue weighted by molar-refractivity contribution is 5.46. The average molecular weight is 277 g/mol. The van der Waals surface area contributed by atoms with Crippen molar-refractivity contribution in [3.63, 3.8) is 0 Å². The first-order valence-corrected chi connectivity index (χ1v) is 6.96. The van der Waals surface area contributed by atoms with Crippen LogP contribution in [0.15, 0.2) is 16.8 Å². The first kappa shape index (κ1) is 14.7. The molecule has 1 unspecified atom stereocenters. The molecule has 2 aromatic rings. The van der Waals surface area contributed by atoms with Crippen molar-refractivity contribution < 1.29 is 4.52 Å². The first-order valence-electron chi connectivity index (χ1n) is 6.96. The van der Waals surface area contributed by atoms with Crippen LogP contribution in [0.1, 0.15) is 33.6 Å². The van der Waals surface area contributed by atoms with Gasteiger partial charge in [0.2, 0.25) is 11.7 Å². The summed E-state index contributed by atoms with van der Waals surface area (Å²) < 4.78 is 7.07. The zero-order valence-electron chi connectivity index (χ0n) is 12.8. The van der Waals surface area contributed by atoms with Crippen molar-refractivity contribution in [3.8, 4) is 11.5 Å². The highest BCUT2D eigenvalue weighted by Gasteiger charge is 2.26. The lowest BCUT2D eigenvalue weighted by Crippen LogP contribution is -2.41. The molecule has 0 spiro atoms. The number of aromatic nitrogens is 4. The van der Waals surface area contributed by atoms with E-state index < -0.39 is 0 Å². The number of likely N-dealkylation sites (N-methyl/N-ethyl adjacent to an activating group) is 1. The zero-order valence-corrected chi connectivity index (χ0v) is 12.8. The van der Waals surface area contributed by atoms with Gasteiger partial charge < -0.3 is 9.84 Å². The molecular formula is C14H23N5O. The molecule has 1 N–H and O–H groups in total. The van der Waals surface area contributed by atoms with Gasteiger partial charge in [-0.05, 0) is 18.0 Å². The van der Waals surface area contributed by atoms with Crippen molar-refractivity contribution >= 4 is 0 Å². The number of nitrogens with zero attached hydrogens (tertiary/aromatic N) is 4. The van der Waals surface area contributed by atoms with Crippen molar-refractivity contribution in [1.82, 2.24) is 25.2 Å². The molecule has 0 saturated carbocycles. The molecule has 110 valence electrons. The van der Waals surface area contributed by atoms with Crippen molar-refractivity contribution in [2.24, 2.45) is 12.5 Å². The van der Waals surface area contributed by atoms with E-state index in [1.165, 1.54) is 0 Å². The van der Waals surface area contributed by atoms with Gasteiger partial charge in [-0.25, -0.2) is 0 Å². The Morgan fingerprint density at radius 3 is 2.70 bits per heavy atom. The van der Waals surface area contributed by atoms with Gasteiger partial charge in [0.25, 0.3) is 0 Å². The van der Waals surface area contributed by atoms with Crippen LogP contribution in [0.2, 0.25) is 0 Å². The molecule has 0 amide bonds. The third-order valence-electron chi connectivity index (χ3n) is 3.29. The largest absolute Gasteiger partial charge is 0.339 e. The third-order valence-corrected chi connectivity index (χ3v) is 3.29. The molecule has 0 bridgehead atoms. The summed E-state index contributed by atoms with van der Waals surface area (Å²) in [6, 6.07) is 2.17. The van der Waals surface area contributed by atoms with E-state index in [9.17, 15) is 0 Å². The van der Waals surface area contributed by atoms with Gasteiger partial charge >= 0.3 is 0 Å². The molecule has 0 saturated heterocycles. The molecule has 6 heteroatoms. The molecule has 0 radical (unpaired) electrons. The molecule has 0 aliphatic carbocycles. The summed E-state index contributed by atoms with van der Waals surface area (Å²) in [6.07, 6.45) is 2.58. The van der Waals surface area contributed by atoms with Gasteiger partial charge in [0.1, 0.15) is 5.69 Å². The summed E-state index contributed by atoms with van der Waals surface area (Å²) >= 11 is 0.